The molecule has 8 nitrogen and oxygen atoms in total. The van der Waals surface area contributed by atoms with Gasteiger partial charge in [-0.1, -0.05) is 17.7 Å². The fraction of sp³-hybridized carbons (Fsp3) is 0.238. The minimum Gasteiger partial charge on any atom is -0.338 e. The summed E-state index contributed by atoms with van der Waals surface area (Å²) < 4.78 is 41.1. The molecular weight excluding hydrogens is 491 g/mol. The molecule has 34 heavy (non-hydrogen) atoms. The highest BCUT2D eigenvalue weighted by Gasteiger charge is 2.36. The second kappa shape index (κ2) is 9.11. The number of alkyl halides is 2. The Morgan fingerprint density at radius 2 is 2.12 bits per heavy atom. The van der Waals surface area contributed by atoms with Crippen LogP contribution < -0.4 is 10.6 Å². The normalized spacial score (nSPS) is 18.7. The van der Waals surface area contributed by atoms with E-state index >= 15 is 0 Å². The molecule has 0 bridgehead atoms. The first kappa shape index (κ1) is 22.4. The van der Waals surface area contributed by atoms with E-state index in [1.165, 1.54) is 41.9 Å². The maximum Gasteiger partial charge on any atom is 0.333 e. The number of amidine groups is 1. The van der Waals surface area contributed by atoms with Gasteiger partial charge in [-0.3, -0.25) is 4.99 Å². The van der Waals surface area contributed by atoms with Gasteiger partial charge in [0.15, 0.2) is 10.8 Å². The molecule has 1 atom stereocenters. The van der Waals surface area contributed by atoms with Crippen LogP contribution in [0.5, 0.6) is 0 Å². The van der Waals surface area contributed by atoms with Crippen LogP contribution in [-0.2, 0) is 0 Å². The zero-order valence-electron chi connectivity index (χ0n) is 17.4. The lowest BCUT2D eigenvalue weighted by Crippen LogP contribution is -2.49. The summed E-state index contributed by atoms with van der Waals surface area (Å²) in [5, 5.41) is 11.9. The Morgan fingerprint density at radius 1 is 1.26 bits per heavy atom. The molecule has 0 saturated carbocycles. The standard InChI is InChI=1S/C21H17ClF3N7OS/c22-14-7-12(23)1-2-13(14)17-16(11-8-29-32(9-11)20(24)25)15-3-4-27-21(33)28-10-31(15)18(30-17)19-26-5-6-34-19/h1-2,5-9,17,20H,3-4,10H2,(H2,27,28,33)/t17-/m0/s1. The summed E-state index contributed by atoms with van der Waals surface area (Å²) in [5.41, 5.74) is 2.23. The van der Waals surface area contributed by atoms with Gasteiger partial charge in [-0.05, 0) is 17.7 Å². The van der Waals surface area contributed by atoms with Crippen LogP contribution in [0.15, 0.2) is 52.9 Å². The van der Waals surface area contributed by atoms with Gasteiger partial charge in [0.1, 0.15) is 11.9 Å². The predicted octanol–water partition coefficient (Wildman–Crippen LogP) is 4.40. The molecule has 0 spiro atoms. The molecule has 2 aromatic heterocycles. The summed E-state index contributed by atoms with van der Waals surface area (Å²) in [6.45, 7) is -2.45. The molecule has 13 heteroatoms. The molecule has 0 aliphatic carbocycles. The number of carbonyl (C=O) groups excluding carboxylic acids is 1. The molecule has 0 radical (unpaired) electrons. The maximum atomic E-state index is 13.8. The first-order valence-electron chi connectivity index (χ1n) is 10.2. The van der Waals surface area contributed by atoms with E-state index in [4.69, 9.17) is 16.6 Å². The smallest absolute Gasteiger partial charge is 0.333 e. The van der Waals surface area contributed by atoms with Crippen molar-refractivity contribution in [3.63, 3.8) is 0 Å². The van der Waals surface area contributed by atoms with Crippen molar-refractivity contribution in [3.05, 3.63) is 74.8 Å². The van der Waals surface area contributed by atoms with Crippen LogP contribution in [0.1, 0.15) is 35.1 Å². The second-order valence-corrected chi connectivity index (χ2v) is 8.78. The van der Waals surface area contributed by atoms with E-state index in [-0.39, 0.29) is 17.7 Å². The van der Waals surface area contributed by atoms with Crippen LogP contribution >= 0.6 is 22.9 Å². The Balaban J connectivity index is 1.74. The Bertz CT molecular complexity index is 1290. The SMILES string of the molecule is O=C1NCCC2=C(c3cnn(C(F)F)c3)[C@H](c3ccc(F)cc3Cl)N=C(c3nccs3)N2CN1. The summed E-state index contributed by atoms with van der Waals surface area (Å²) >= 11 is 7.79. The third kappa shape index (κ3) is 4.14. The van der Waals surface area contributed by atoms with Crippen LogP contribution in [0.4, 0.5) is 18.0 Å². The summed E-state index contributed by atoms with van der Waals surface area (Å²) in [6, 6.07) is 2.91. The van der Waals surface area contributed by atoms with Gasteiger partial charge >= 0.3 is 12.6 Å². The molecule has 1 fully saturated rings. The van der Waals surface area contributed by atoms with Gasteiger partial charge < -0.3 is 15.5 Å². The van der Waals surface area contributed by atoms with Crippen molar-refractivity contribution in [2.45, 2.75) is 19.0 Å². The van der Waals surface area contributed by atoms with Crippen LogP contribution in [0.2, 0.25) is 5.02 Å². The van der Waals surface area contributed by atoms with Gasteiger partial charge in [0.05, 0.1) is 12.9 Å². The molecule has 5 rings (SSSR count). The Kier molecular flexibility index (Phi) is 6.00. The van der Waals surface area contributed by atoms with Gasteiger partial charge in [0.2, 0.25) is 0 Å². The number of fused-ring (bicyclic) bond motifs is 1. The lowest BCUT2D eigenvalue weighted by Gasteiger charge is -2.38. The molecule has 1 aromatic carbocycles. The third-order valence-corrected chi connectivity index (χ3v) is 6.55. The van der Waals surface area contributed by atoms with Crippen molar-refractivity contribution in [1.29, 1.82) is 0 Å². The average Bonchev–Trinajstić information content (AvgIpc) is 3.48. The Labute approximate surface area is 200 Å². The molecule has 2 aliphatic heterocycles. The highest BCUT2D eigenvalue weighted by molar-refractivity contribution is 7.11. The number of hydrogen-bond donors (Lipinski definition) is 2. The predicted molar refractivity (Wildman–Crippen MR) is 121 cm³/mol. The van der Waals surface area contributed by atoms with E-state index in [1.807, 2.05) is 0 Å². The van der Waals surface area contributed by atoms with Gasteiger partial charge in [0.25, 0.3) is 0 Å². The van der Waals surface area contributed by atoms with E-state index < -0.39 is 18.4 Å². The van der Waals surface area contributed by atoms with Crippen molar-refractivity contribution in [1.82, 2.24) is 30.3 Å². The van der Waals surface area contributed by atoms with Gasteiger partial charge in [-0.15, -0.1) is 11.3 Å². The Morgan fingerprint density at radius 3 is 2.82 bits per heavy atom. The van der Waals surface area contributed by atoms with Crippen LogP contribution in [0.25, 0.3) is 5.57 Å². The van der Waals surface area contributed by atoms with Gasteiger partial charge in [-0.25, -0.2) is 18.9 Å². The number of benzene rings is 1. The van der Waals surface area contributed by atoms with Gasteiger partial charge in [-0.2, -0.15) is 13.9 Å². The number of nitrogens with zero attached hydrogens (tertiary/aromatic N) is 5. The van der Waals surface area contributed by atoms with Crippen molar-refractivity contribution in [2.24, 2.45) is 4.99 Å². The number of hydrogen-bond acceptors (Lipinski definition) is 6. The lowest BCUT2D eigenvalue weighted by atomic mass is 9.90. The van der Waals surface area contributed by atoms with Crippen LogP contribution in [0.3, 0.4) is 0 Å². The number of urea groups is 1. The summed E-state index contributed by atoms with van der Waals surface area (Å²) in [6.07, 6.45) is 4.59. The molecular formula is C21H17ClF3N7OS. The molecule has 2 aliphatic rings. The topological polar surface area (TPSA) is 87.4 Å². The molecule has 0 unspecified atom stereocenters. The molecule has 2 amide bonds. The monoisotopic (exact) mass is 507 g/mol. The molecule has 4 heterocycles. The summed E-state index contributed by atoms with van der Waals surface area (Å²) in [4.78, 5) is 23.1. The van der Waals surface area contributed by atoms with Gasteiger partial charge in [0, 0.05) is 52.6 Å². The number of nitrogens with one attached hydrogen (secondary N) is 2. The molecule has 176 valence electrons. The quantitative estimate of drug-likeness (QED) is 0.548. The summed E-state index contributed by atoms with van der Waals surface area (Å²) in [5.74, 6) is -0.0181. The average molecular weight is 508 g/mol. The number of rotatable bonds is 4. The van der Waals surface area contributed by atoms with Crippen LogP contribution in [0, 0.1) is 5.82 Å². The van der Waals surface area contributed by atoms with E-state index in [1.54, 1.807) is 16.5 Å². The largest absolute Gasteiger partial charge is 0.338 e. The zero-order valence-corrected chi connectivity index (χ0v) is 19.0. The minimum absolute atomic E-state index is 0.0793. The maximum absolute atomic E-state index is 13.8. The van der Waals surface area contributed by atoms with E-state index in [9.17, 15) is 18.0 Å². The first-order chi connectivity index (χ1) is 16.4. The van der Waals surface area contributed by atoms with Crippen molar-refractivity contribution < 1.29 is 18.0 Å². The lowest BCUT2D eigenvalue weighted by molar-refractivity contribution is 0.0566. The number of halogens is 4. The van der Waals surface area contributed by atoms with Crippen molar-refractivity contribution in [3.8, 4) is 0 Å². The van der Waals surface area contributed by atoms with Crippen LogP contribution in [-0.4, -0.2) is 44.7 Å². The first-order valence-corrected chi connectivity index (χ1v) is 11.5. The number of thiazole rings is 1. The fourth-order valence-electron chi connectivity index (χ4n) is 4.00. The fourth-order valence-corrected chi connectivity index (χ4v) is 4.91. The third-order valence-electron chi connectivity index (χ3n) is 5.46. The highest BCUT2D eigenvalue weighted by Crippen LogP contribution is 2.44. The van der Waals surface area contributed by atoms with Crippen molar-refractivity contribution >= 4 is 40.4 Å². The number of aliphatic imine (C=N–C) groups is 1. The highest BCUT2D eigenvalue weighted by atomic mass is 35.5. The minimum atomic E-state index is -2.82. The summed E-state index contributed by atoms with van der Waals surface area (Å²) in [7, 11) is 0. The molecule has 1 saturated heterocycles. The van der Waals surface area contributed by atoms with Crippen molar-refractivity contribution in [2.75, 3.05) is 13.2 Å². The number of amides is 2. The van der Waals surface area contributed by atoms with E-state index in [0.717, 1.165) is 5.70 Å². The number of carbonyl (C=O) groups is 1. The van der Waals surface area contributed by atoms with E-state index in [2.05, 4.69) is 20.7 Å². The Hall–Kier alpha value is -3.38. The number of aromatic nitrogens is 3. The molecule has 3 aromatic rings. The van der Waals surface area contributed by atoms with E-state index in [0.29, 0.717) is 45.2 Å². The molecule has 2 N–H and O–H groups in total. The second-order valence-electron chi connectivity index (χ2n) is 7.47. The zero-order chi connectivity index (χ0) is 23.8.